The Bertz CT molecular complexity index is 517. The molecule has 0 bridgehead atoms. The third-order valence-electron chi connectivity index (χ3n) is 2.36. The van der Waals surface area contributed by atoms with Crippen LogP contribution in [0.5, 0.6) is 0 Å². The quantitative estimate of drug-likeness (QED) is 0.851. The highest BCUT2D eigenvalue weighted by molar-refractivity contribution is 5.69. The molecule has 0 atom stereocenters. The van der Waals surface area contributed by atoms with Crippen molar-refractivity contribution in [1.29, 1.82) is 0 Å². The molecule has 0 amide bonds. The van der Waals surface area contributed by atoms with Gasteiger partial charge in [0.05, 0.1) is 18.4 Å². The summed E-state index contributed by atoms with van der Waals surface area (Å²) in [5, 5.41) is 8.65. The fourth-order valence-corrected chi connectivity index (χ4v) is 1.59. The van der Waals surface area contributed by atoms with Crippen LogP contribution in [0, 0.1) is 6.92 Å². The van der Waals surface area contributed by atoms with Crippen molar-refractivity contribution in [2.45, 2.75) is 13.3 Å². The Hall–Kier alpha value is -2.10. The van der Waals surface area contributed by atoms with Crippen LogP contribution in [0.2, 0.25) is 0 Å². The summed E-state index contributed by atoms with van der Waals surface area (Å²) in [6.07, 6.45) is 3.34. The zero-order chi connectivity index (χ0) is 11.5. The van der Waals surface area contributed by atoms with Crippen molar-refractivity contribution in [1.82, 2.24) is 9.55 Å². The van der Waals surface area contributed by atoms with E-state index in [2.05, 4.69) is 4.98 Å². The lowest BCUT2D eigenvalue weighted by atomic mass is 10.2. The minimum atomic E-state index is -0.866. The van der Waals surface area contributed by atoms with E-state index in [1.54, 1.807) is 12.5 Å². The second-order valence-corrected chi connectivity index (χ2v) is 3.63. The van der Waals surface area contributed by atoms with Crippen molar-refractivity contribution >= 4 is 5.97 Å². The molecule has 0 aliphatic carbocycles. The Morgan fingerprint density at radius 3 is 2.88 bits per heavy atom. The molecule has 16 heavy (non-hydrogen) atoms. The summed E-state index contributed by atoms with van der Waals surface area (Å²) in [6.45, 7) is 2.01. The molecular formula is C12H12N2O2. The predicted molar refractivity (Wildman–Crippen MR) is 59.6 cm³/mol. The molecule has 4 heteroatoms. The van der Waals surface area contributed by atoms with Gasteiger partial charge in [-0.05, 0) is 18.6 Å². The highest BCUT2D eigenvalue weighted by Gasteiger charge is 2.06. The average Bonchev–Trinajstić information content (AvgIpc) is 2.66. The van der Waals surface area contributed by atoms with Crippen LogP contribution in [0.1, 0.15) is 11.3 Å². The third-order valence-corrected chi connectivity index (χ3v) is 2.36. The van der Waals surface area contributed by atoms with Crippen LogP contribution >= 0.6 is 0 Å². The van der Waals surface area contributed by atoms with Gasteiger partial charge in [-0.2, -0.15) is 0 Å². The SMILES string of the molecule is Cc1ccccc1-n1cnc(CC(=O)O)c1. The predicted octanol–water partition coefficient (Wildman–Crippen LogP) is 1.81. The number of nitrogens with zero attached hydrogens (tertiary/aromatic N) is 2. The van der Waals surface area contributed by atoms with Crippen molar-refractivity contribution in [2.75, 3.05) is 0 Å². The number of hydrogen-bond donors (Lipinski definition) is 1. The van der Waals surface area contributed by atoms with E-state index in [1.165, 1.54) is 0 Å². The number of para-hydroxylation sites is 1. The van der Waals surface area contributed by atoms with Crippen LogP contribution in [0.3, 0.4) is 0 Å². The molecule has 0 aliphatic rings. The number of carboxylic acids is 1. The zero-order valence-corrected chi connectivity index (χ0v) is 8.92. The molecule has 2 rings (SSSR count). The summed E-state index contributed by atoms with van der Waals surface area (Å²) in [6, 6.07) is 7.89. The monoisotopic (exact) mass is 216 g/mol. The molecule has 0 fully saturated rings. The maximum Gasteiger partial charge on any atom is 0.309 e. The molecule has 1 aromatic carbocycles. The molecule has 4 nitrogen and oxygen atoms in total. The van der Waals surface area contributed by atoms with E-state index in [9.17, 15) is 4.79 Å². The van der Waals surface area contributed by atoms with Gasteiger partial charge in [0.1, 0.15) is 0 Å². The number of imidazole rings is 1. The van der Waals surface area contributed by atoms with Crippen LogP contribution in [0.4, 0.5) is 0 Å². The zero-order valence-electron chi connectivity index (χ0n) is 8.92. The van der Waals surface area contributed by atoms with Crippen LogP contribution in [-0.4, -0.2) is 20.6 Å². The van der Waals surface area contributed by atoms with Crippen molar-refractivity contribution in [2.24, 2.45) is 0 Å². The number of aliphatic carboxylic acids is 1. The van der Waals surface area contributed by atoms with Gasteiger partial charge in [-0.25, -0.2) is 4.98 Å². The summed E-state index contributed by atoms with van der Waals surface area (Å²) in [4.78, 5) is 14.6. The molecule has 1 heterocycles. The van der Waals surface area contributed by atoms with E-state index in [0.29, 0.717) is 5.69 Å². The van der Waals surface area contributed by atoms with Gasteiger partial charge in [0.2, 0.25) is 0 Å². The van der Waals surface area contributed by atoms with E-state index in [-0.39, 0.29) is 6.42 Å². The van der Waals surface area contributed by atoms with E-state index < -0.39 is 5.97 Å². The van der Waals surface area contributed by atoms with Gasteiger partial charge < -0.3 is 9.67 Å². The molecule has 0 unspecified atom stereocenters. The van der Waals surface area contributed by atoms with Gasteiger partial charge in [0, 0.05) is 11.9 Å². The van der Waals surface area contributed by atoms with E-state index >= 15 is 0 Å². The summed E-state index contributed by atoms with van der Waals surface area (Å²) < 4.78 is 1.84. The van der Waals surface area contributed by atoms with Gasteiger partial charge >= 0.3 is 5.97 Å². The molecule has 0 saturated carbocycles. The smallest absolute Gasteiger partial charge is 0.309 e. The largest absolute Gasteiger partial charge is 0.481 e. The Balaban J connectivity index is 2.32. The first kappa shape index (κ1) is 10.4. The molecule has 0 spiro atoms. The highest BCUT2D eigenvalue weighted by atomic mass is 16.4. The van der Waals surface area contributed by atoms with Crippen molar-refractivity contribution in [3.63, 3.8) is 0 Å². The molecule has 2 aromatic rings. The molecule has 0 radical (unpaired) electrons. The van der Waals surface area contributed by atoms with Gasteiger partial charge in [-0.3, -0.25) is 4.79 Å². The summed E-state index contributed by atoms with van der Waals surface area (Å²) >= 11 is 0. The number of aryl methyl sites for hydroxylation is 1. The van der Waals surface area contributed by atoms with Gasteiger partial charge in [0.25, 0.3) is 0 Å². The first-order chi connectivity index (χ1) is 7.66. The van der Waals surface area contributed by atoms with Crippen molar-refractivity contribution in [3.05, 3.63) is 48.0 Å². The third kappa shape index (κ3) is 2.11. The van der Waals surface area contributed by atoms with Crippen LogP contribution in [-0.2, 0) is 11.2 Å². The molecule has 0 aliphatic heterocycles. The second-order valence-electron chi connectivity index (χ2n) is 3.63. The highest BCUT2D eigenvalue weighted by Crippen LogP contribution is 2.13. The Labute approximate surface area is 93.2 Å². The number of rotatable bonds is 3. The Kier molecular flexibility index (Phi) is 2.72. The number of aromatic nitrogens is 2. The topological polar surface area (TPSA) is 55.1 Å². The number of carbonyl (C=O) groups is 1. The van der Waals surface area contributed by atoms with Crippen LogP contribution in [0.25, 0.3) is 5.69 Å². The maximum atomic E-state index is 10.5. The lowest BCUT2D eigenvalue weighted by Gasteiger charge is -2.04. The van der Waals surface area contributed by atoms with E-state index in [1.807, 2.05) is 35.8 Å². The number of benzene rings is 1. The fourth-order valence-electron chi connectivity index (χ4n) is 1.59. The lowest BCUT2D eigenvalue weighted by molar-refractivity contribution is -0.136. The Morgan fingerprint density at radius 1 is 1.44 bits per heavy atom. The van der Waals surface area contributed by atoms with Gasteiger partial charge in [0.15, 0.2) is 0 Å². The molecule has 0 saturated heterocycles. The number of hydrogen-bond acceptors (Lipinski definition) is 2. The minimum Gasteiger partial charge on any atom is -0.481 e. The summed E-state index contributed by atoms with van der Waals surface area (Å²) in [7, 11) is 0. The normalized spacial score (nSPS) is 10.3. The molecule has 1 N–H and O–H groups in total. The van der Waals surface area contributed by atoms with Crippen molar-refractivity contribution in [3.8, 4) is 5.69 Å². The average molecular weight is 216 g/mol. The summed E-state index contributed by atoms with van der Waals surface area (Å²) in [5.41, 5.74) is 2.71. The van der Waals surface area contributed by atoms with Crippen LogP contribution < -0.4 is 0 Å². The first-order valence-corrected chi connectivity index (χ1v) is 4.97. The van der Waals surface area contributed by atoms with E-state index in [0.717, 1.165) is 11.3 Å². The molecule has 82 valence electrons. The Morgan fingerprint density at radius 2 is 2.19 bits per heavy atom. The molecular weight excluding hydrogens is 204 g/mol. The van der Waals surface area contributed by atoms with Gasteiger partial charge in [-0.15, -0.1) is 0 Å². The fraction of sp³-hybridized carbons (Fsp3) is 0.167. The van der Waals surface area contributed by atoms with Gasteiger partial charge in [-0.1, -0.05) is 18.2 Å². The number of carboxylic acid groups (broad SMARTS) is 1. The van der Waals surface area contributed by atoms with Crippen LogP contribution in [0.15, 0.2) is 36.8 Å². The maximum absolute atomic E-state index is 10.5. The standard InChI is InChI=1S/C12H12N2O2/c1-9-4-2-3-5-11(9)14-7-10(13-8-14)6-12(15)16/h2-5,7-8H,6H2,1H3,(H,15,16). The van der Waals surface area contributed by atoms with E-state index in [4.69, 9.17) is 5.11 Å². The molecule has 1 aromatic heterocycles. The second kappa shape index (κ2) is 4.18. The van der Waals surface area contributed by atoms with Crippen molar-refractivity contribution < 1.29 is 9.90 Å². The summed E-state index contributed by atoms with van der Waals surface area (Å²) in [5.74, 6) is -0.866. The first-order valence-electron chi connectivity index (χ1n) is 4.97. The minimum absolute atomic E-state index is 0.0428. The lowest BCUT2D eigenvalue weighted by Crippen LogP contribution is -2.00.